The van der Waals surface area contributed by atoms with Crippen LogP contribution >= 0.6 is 0 Å². The molecule has 5 heteroatoms. The summed E-state index contributed by atoms with van der Waals surface area (Å²) in [4.78, 5) is 0. The number of benzene rings is 1. The topological polar surface area (TPSA) is 50.1 Å². The van der Waals surface area contributed by atoms with Crippen molar-refractivity contribution in [2.24, 2.45) is 7.05 Å². The van der Waals surface area contributed by atoms with Crippen LogP contribution in [0.3, 0.4) is 0 Å². The van der Waals surface area contributed by atoms with Crippen molar-refractivity contribution in [3.8, 4) is 0 Å². The van der Waals surface area contributed by atoms with Crippen LogP contribution in [0.2, 0.25) is 0 Å². The summed E-state index contributed by atoms with van der Waals surface area (Å²) in [6.07, 6.45) is 3.69. The molecule has 4 nitrogen and oxygen atoms in total. The molecule has 1 aromatic carbocycles. The minimum atomic E-state index is -1.03. The van der Waals surface area contributed by atoms with Gasteiger partial charge in [0.1, 0.15) is 5.82 Å². The molecule has 2 aromatic rings. The second kappa shape index (κ2) is 5.50. The van der Waals surface area contributed by atoms with Crippen LogP contribution in [0.4, 0.5) is 4.39 Å². The van der Waals surface area contributed by atoms with Gasteiger partial charge in [0.15, 0.2) is 0 Å². The molecule has 0 aliphatic heterocycles. The van der Waals surface area contributed by atoms with E-state index in [1.54, 1.807) is 29.9 Å². The van der Waals surface area contributed by atoms with Gasteiger partial charge in [-0.05, 0) is 24.6 Å². The van der Waals surface area contributed by atoms with E-state index in [0.717, 1.165) is 5.56 Å². The molecular weight excluding hydrogens is 245 g/mol. The number of hydrogen-bond donors (Lipinski definition) is 2. The van der Waals surface area contributed by atoms with Gasteiger partial charge in [-0.15, -0.1) is 0 Å². The highest BCUT2D eigenvalue weighted by Crippen LogP contribution is 2.19. The molecule has 102 valence electrons. The summed E-state index contributed by atoms with van der Waals surface area (Å²) in [5.74, 6) is -0.303. The fraction of sp³-hybridized carbons (Fsp3) is 0.357. The zero-order chi connectivity index (χ0) is 13.9. The quantitative estimate of drug-likeness (QED) is 0.860. The molecule has 1 atom stereocenters. The van der Waals surface area contributed by atoms with Crippen LogP contribution in [0.5, 0.6) is 0 Å². The van der Waals surface area contributed by atoms with Crippen molar-refractivity contribution < 1.29 is 9.50 Å². The molecule has 19 heavy (non-hydrogen) atoms. The average Bonchev–Trinajstić information content (AvgIpc) is 2.75. The van der Waals surface area contributed by atoms with Gasteiger partial charge in [0.2, 0.25) is 0 Å². The van der Waals surface area contributed by atoms with Gasteiger partial charge in [0.25, 0.3) is 0 Å². The van der Waals surface area contributed by atoms with Crippen molar-refractivity contribution in [2.75, 3.05) is 6.54 Å². The highest BCUT2D eigenvalue weighted by molar-refractivity contribution is 5.22. The predicted octanol–water partition coefficient (Wildman–Crippen LogP) is 1.56. The monoisotopic (exact) mass is 263 g/mol. The number of aliphatic hydroxyl groups is 1. The molecule has 0 spiro atoms. The maximum absolute atomic E-state index is 12.8. The van der Waals surface area contributed by atoms with Crippen LogP contribution in [0.1, 0.15) is 18.1 Å². The SMILES string of the molecule is Cn1cc(CNCC(C)(O)c2ccc(F)cc2)cn1. The highest BCUT2D eigenvalue weighted by atomic mass is 19.1. The summed E-state index contributed by atoms with van der Waals surface area (Å²) in [5.41, 5.74) is 0.709. The van der Waals surface area contributed by atoms with Gasteiger partial charge in [0, 0.05) is 31.9 Å². The first-order chi connectivity index (χ1) is 8.97. The van der Waals surface area contributed by atoms with Crippen LogP contribution in [-0.4, -0.2) is 21.4 Å². The third-order valence-corrected chi connectivity index (χ3v) is 3.02. The largest absolute Gasteiger partial charge is 0.384 e. The van der Waals surface area contributed by atoms with Crippen LogP contribution in [-0.2, 0) is 19.2 Å². The first-order valence-corrected chi connectivity index (χ1v) is 6.14. The molecule has 2 rings (SSSR count). The Morgan fingerprint density at radius 1 is 1.37 bits per heavy atom. The molecular formula is C14H18FN3O. The number of aromatic nitrogens is 2. The summed E-state index contributed by atoms with van der Waals surface area (Å²) in [6, 6.07) is 5.90. The van der Waals surface area contributed by atoms with E-state index in [2.05, 4.69) is 10.4 Å². The Kier molecular flexibility index (Phi) is 3.97. The van der Waals surface area contributed by atoms with E-state index in [0.29, 0.717) is 18.7 Å². The molecule has 2 N–H and O–H groups in total. The number of rotatable bonds is 5. The zero-order valence-corrected chi connectivity index (χ0v) is 11.1. The Bertz CT molecular complexity index is 534. The molecule has 0 amide bonds. The van der Waals surface area contributed by atoms with E-state index >= 15 is 0 Å². The zero-order valence-electron chi connectivity index (χ0n) is 11.1. The average molecular weight is 263 g/mol. The lowest BCUT2D eigenvalue weighted by Crippen LogP contribution is -2.35. The Balaban J connectivity index is 1.92. The van der Waals surface area contributed by atoms with Crippen molar-refractivity contribution in [1.29, 1.82) is 0 Å². The summed E-state index contributed by atoms with van der Waals surface area (Å²) in [6.45, 7) is 2.72. The van der Waals surface area contributed by atoms with Gasteiger partial charge in [0.05, 0.1) is 11.8 Å². The van der Waals surface area contributed by atoms with E-state index < -0.39 is 5.60 Å². The summed E-state index contributed by atoms with van der Waals surface area (Å²) in [5, 5.41) is 17.6. The molecule has 0 aliphatic rings. The lowest BCUT2D eigenvalue weighted by atomic mass is 9.96. The Morgan fingerprint density at radius 3 is 2.63 bits per heavy atom. The summed E-state index contributed by atoms with van der Waals surface area (Å²) < 4.78 is 14.6. The number of nitrogens with zero attached hydrogens (tertiary/aromatic N) is 2. The summed E-state index contributed by atoms with van der Waals surface area (Å²) in [7, 11) is 1.86. The maximum atomic E-state index is 12.8. The van der Waals surface area contributed by atoms with Crippen LogP contribution in [0, 0.1) is 5.82 Å². The Morgan fingerprint density at radius 2 is 2.05 bits per heavy atom. The van der Waals surface area contributed by atoms with Gasteiger partial charge in [-0.25, -0.2) is 4.39 Å². The van der Waals surface area contributed by atoms with Crippen molar-refractivity contribution in [2.45, 2.75) is 19.1 Å². The van der Waals surface area contributed by atoms with Gasteiger partial charge >= 0.3 is 0 Å². The summed E-state index contributed by atoms with van der Waals surface area (Å²) >= 11 is 0. The maximum Gasteiger partial charge on any atom is 0.123 e. The normalized spacial score (nSPS) is 14.3. The van der Waals surface area contributed by atoms with E-state index in [-0.39, 0.29) is 5.82 Å². The van der Waals surface area contributed by atoms with Crippen molar-refractivity contribution >= 4 is 0 Å². The fourth-order valence-corrected chi connectivity index (χ4v) is 1.92. The van der Waals surface area contributed by atoms with Crippen molar-refractivity contribution in [3.05, 3.63) is 53.6 Å². The molecule has 0 fully saturated rings. The number of hydrogen-bond acceptors (Lipinski definition) is 3. The molecule has 0 saturated heterocycles. The molecule has 0 bridgehead atoms. The molecule has 1 heterocycles. The van der Waals surface area contributed by atoms with E-state index in [4.69, 9.17) is 0 Å². The van der Waals surface area contributed by atoms with E-state index in [9.17, 15) is 9.50 Å². The van der Waals surface area contributed by atoms with Gasteiger partial charge < -0.3 is 10.4 Å². The number of halogens is 1. The lowest BCUT2D eigenvalue weighted by molar-refractivity contribution is 0.0566. The Hall–Kier alpha value is -1.72. The Labute approximate surface area is 111 Å². The van der Waals surface area contributed by atoms with E-state index in [1.165, 1.54) is 12.1 Å². The minimum Gasteiger partial charge on any atom is -0.384 e. The second-order valence-electron chi connectivity index (χ2n) is 4.91. The third-order valence-electron chi connectivity index (χ3n) is 3.02. The minimum absolute atomic E-state index is 0.303. The molecule has 1 aromatic heterocycles. The van der Waals surface area contributed by atoms with Crippen LogP contribution < -0.4 is 5.32 Å². The van der Waals surface area contributed by atoms with Crippen LogP contribution in [0.15, 0.2) is 36.7 Å². The third kappa shape index (κ3) is 3.62. The number of aryl methyl sites for hydroxylation is 1. The highest BCUT2D eigenvalue weighted by Gasteiger charge is 2.22. The molecule has 1 unspecified atom stereocenters. The first kappa shape index (κ1) is 13.7. The molecule has 0 saturated carbocycles. The second-order valence-corrected chi connectivity index (χ2v) is 4.91. The number of nitrogens with one attached hydrogen (secondary N) is 1. The predicted molar refractivity (Wildman–Crippen MR) is 70.9 cm³/mol. The molecule has 0 radical (unpaired) electrons. The van der Waals surface area contributed by atoms with Gasteiger partial charge in [-0.3, -0.25) is 4.68 Å². The first-order valence-electron chi connectivity index (χ1n) is 6.14. The van der Waals surface area contributed by atoms with Crippen molar-refractivity contribution in [3.63, 3.8) is 0 Å². The standard InChI is InChI=1S/C14H18FN3O/c1-14(19,12-3-5-13(15)6-4-12)10-16-7-11-8-17-18(2)9-11/h3-6,8-9,16,19H,7,10H2,1-2H3. The molecule has 0 aliphatic carbocycles. The smallest absolute Gasteiger partial charge is 0.123 e. The lowest BCUT2D eigenvalue weighted by Gasteiger charge is -2.24. The van der Waals surface area contributed by atoms with Gasteiger partial charge in [-0.2, -0.15) is 5.10 Å². The fourth-order valence-electron chi connectivity index (χ4n) is 1.92. The van der Waals surface area contributed by atoms with Crippen molar-refractivity contribution in [1.82, 2.24) is 15.1 Å². The van der Waals surface area contributed by atoms with Crippen LogP contribution in [0.25, 0.3) is 0 Å². The van der Waals surface area contributed by atoms with Gasteiger partial charge in [-0.1, -0.05) is 12.1 Å². The van der Waals surface area contributed by atoms with E-state index in [1.807, 2.05) is 13.2 Å².